The van der Waals surface area contributed by atoms with E-state index in [1.54, 1.807) is 6.92 Å². The first kappa shape index (κ1) is 17.0. The summed E-state index contributed by atoms with van der Waals surface area (Å²) in [4.78, 5) is 27.6. The van der Waals surface area contributed by atoms with Crippen molar-refractivity contribution in [2.75, 3.05) is 0 Å². The number of rotatable bonds is 6. The molecular weight excluding hydrogens is 316 g/mol. The van der Waals surface area contributed by atoms with Crippen LogP contribution >= 0.6 is 11.3 Å². The Morgan fingerprint density at radius 3 is 2.52 bits per heavy atom. The van der Waals surface area contributed by atoms with E-state index >= 15 is 0 Å². The Labute approximate surface area is 138 Å². The largest absolute Gasteiger partial charge is 0.486 e. The molecular formula is C16H18N2O4S. The molecule has 2 rings (SSSR count). The first-order valence-corrected chi connectivity index (χ1v) is 7.84. The molecule has 1 atom stereocenters. The van der Waals surface area contributed by atoms with Crippen molar-refractivity contribution in [3.8, 4) is 5.75 Å². The maximum Gasteiger partial charge on any atom is 0.351 e. The monoisotopic (exact) mass is 334 g/mol. The molecule has 1 aromatic heterocycles. The quantitative estimate of drug-likeness (QED) is 0.819. The van der Waals surface area contributed by atoms with Crippen molar-refractivity contribution in [3.63, 3.8) is 0 Å². The Morgan fingerprint density at radius 2 is 1.91 bits per heavy atom. The Kier molecular flexibility index (Phi) is 5.33. The van der Waals surface area contributed by atoms with Crippen molar-refractivity contribution in [2.45, 2.75) is 33.5 Å². The van der Waals surface area contributed by atoms with Crippen molar-refractivity contribution in [2.24, 2.45) is 5.73 Å². The van der Waals surface area contributed by atoms with Crippen molar-refractivity contribution < 1.29 is 19.1 Å². The van der Waals surface area contributed by atoms with Crippen LogP contribution < -0.4 is 10.5 Å². The molecule has 0 spiro atoms. The highest BCUT2D eigenvalue weighted by Gasteiger charge is 2.21. The molecule has 0 radical (unpaired) electrons. The smallest absolute Gasteiger partial charge is 0.351 e. The fourth-order valence-electron chi connectivity index (χ4n) is 1.76. The van der Waals surface area contributed by atoms with Crippen LogP contribution in [0.15, 0.2) is 24.3 Å². The number of thiazole rings is 1. The predicted octanol–water partition coefficient (Wildman–Crippen LogP) is 2.37. The average molecular weight is 334 g/mol. The third kappa shape index (κ3) is 4.53. The van der Waals surface area contributed by atoms with Crippen molar-refractivity contribution >= 4 is 23.2 Å². The van der Waals surface area contributed by atoms with Gasteiger partial charge in [-0.15, -0.1) is 11.3 Å². The molecule has 0 fully saturated rings. The lowest BCUT2D eigenvalue weighted by Crippen LogP contribution is -2.30. The van der Waals surface area contributed by atoms with Crippen LogP contribution in [0, 0.1) is 13.8 Å². The molecule has 1 unspecified atom stereocenters. The topological polar surface area (TPSA) is 91.5 Å². The molecule has 0 saturated heterocycles. The number of nitrogens with two attached hydrogens (primary N) is 1. The molecule has 23 heavy (non-hydrogen) atoms. The number of esters is 1. The molecule has 122 valence electrons. The minimum Gasteiger partial charge on any atom is -0.486 e. The summed E-state index contributed by atoms with van der Waals surface area (Å²) in [7, 11) is 0. The fraction of sp³-hybridized carbons (Fsp3) is 0.312. The van der Waals surface area contributed by atoms with Crippen molar-refractivity contribution in [1.29, 1.82) is 0 Å². The van der Waals surface area contributed by atoms with Gasteiger partial charge in [-0.05, 0) is 32.9 Å². The van der Waals surface area contributed by atoms with E-state index in [1.165, 1.54) is 18.3 Å². The van der Waals surface area contributed by atoms with Crippen LogP contribution in [0.25, 0.3) is 0 Å². The molecule has 0 aliphatic rings. The number of benzene rings is 1. The second-order valence-electron chi connectivity index (χ2n) is 5.07. The first-order chi connectivity index (χ1) is 10.9. The van der Waals surface area contributed by atoms with Crippen LogP contribution in [0.3, 0.4) is 0 Å². The van der Waals surface area contributed by atoms with E-state index < -0.39 is 18.0 Å². The number of carbonyl (C=O) groups excluding carboxylic acids is 2. The highest BCUT2D eigenvalue weighted by Crippen LogP contribution is 2.21. The molecule has 7 heteroatoms. The summed E-state index contributed by atoms with van der Waals surface area (Å²) >= 11 is 1.18. The summed E-state index contributed by atoms with van der Waals surface area (Å²) < 4.78 is 10.6. The van der Waals surface area contributed by atoms with Crippen LogP contribution in [-0.2, 0) is 16.1 Å². The lowest BCUT2D eigenvalue weighted by molar-refractivity contribution is -0.125. The molecule has 2 aromatic rings. The summed E-state index contributed by atoms with van der Waals surface area (Å²) in [5.74, 6) is -0.564. The van der Waals surface area contributed by atoms with Crippen LogP contribution in [0.4, 0.5) is 0 Å². The first-order valence-electron chi connectivity index (χ1n) is 7.03. The summed E-state index contributed by atoms with van der Waals surface area (Å²) in [6.45, 7) is 5.39. The van der Waals surface area contributed by atoms with Crippen LogP contribution in [-0.4, -0.2) is 23.0 Å². The normalized spacial score (nSPS) is 11.8. The summed E-state index contributed by atoms with van der Waals surface area (Å²) in [5.41, 5.74) is 6.77. The predicted molar refractivity (Wildman–Crippen MR) is 86.4 cm³/mol. The van der Waals surface area contributed by atoms with Crippen molar-refractivity contribution in [1.82, 2.24) is 4.98 Å². The SMILES string of the molecule is Cc1ccc(OCc2nc(C)c(C(=O)OC(C)C(N)=O)s2)cc1. The van der Waals surface area contributed by atoms with Gasteiger partial charge in [0.2, 0.25) is 0 Å². The summed E-state index contributed by atoms with van der Waals surface area (Å²) in [5, 5.41) is 0.654. The van der Waals surface area contributed by atoms with Gasteiger partial charge in [-0.3, -0.25) is 4.79 Å². The van der Waals surface area contributed by atoms with Gasteiger partial charge >= 0.3 is 5.97 Å². The number of amides is 1. The van der Waals surface area contributed by atoms with Gasteiger partial charge < -0.3 is 15.2 Å². The van der Waals surface area contributed by atoms with Crippen molar-refractivity contribution in [3.05, 3.63) is 45.4 Å². The number of aryl methyl sites for hydroxylation is 2. The molecule has 6 nitrogen and oxygen atoms in total. The van der Waals surface area contributed by atoms with E-state index in [-0.39, 0.29) is 6.61 Å². The number of aromatic nitrogens is 1. The van der Waals surface area contributed by atoms with E-state index in [0.29, 0.717) is 15.6 Å². The molecule has 0 aliphatic carbocycles. The number of primary amides is 1. The molecule has 0 aliphatic heterocycles. The van der Waals surface area contributed by atoms with E-state index in [0.717, 1.165) is 11.3 Å². The molecule has 1 heterocycles. The van der Waals surface area contributed by atoms with Gasteiger partial charge in [0.15, 0.2) is 6.10 Å². The Bertz CT molecular complexity index is 709. The highest BCUT2D eigenvalue weighted by molar-refractivity contribution is 7.13. The number of hydrogen-bond acceptors (Lipinski definition) is 6. The Hall–Kier alpha value is -2.41. The Balaban J connectivity index is 2.01. The van der Waals surface area contributed by atoms with Crippen LogP contribution in [0.2, 0.25) is 0 Å². The van der Waals surface area contributed by atoms with Gasteiger partial charge in [0.1, 0.15) is 22.2 Å². The van der Waals surface area contributed by atoms with E-state index in [9.17, 15) is 9.59 Å². The second kappa shape index (κ2) is 7.23. The average Bonchev–Trinajstić information content (AvgIpc) is 2.87. The van der Waals surface area contributed by atoms with E-state index in [4.69, 9.17) is 15.2 Å². The third-order valence-corrected chi connectivity index (χ3v) is 4.21. The second-order valence-corrected chi connectivity index (χ2v) is 6.16. The molecule has 2 N–H and O–H groups in total. The zero-order chi connectivity index (χ0) is 17.0. The fourth-order valence-corrected chi connectivity index (χ4v) is 2.62. The summed E-state index contributed by atoms with van der Waals surface area (Å²) in [6.07, 6.45) is -0.976. The van der Waals surface area contributed by atoms with Gasteiger partial charge in [-0.25, -0.2) is 9.78 Å². The zero-order valence-electron chi connectivity index (χ0n) is 13.2. The van der Waals surface area contributed by atoms with Crippen LogP contribution in [0.5, 0.6) is 5.75 Å². The molecule has 0 saturated carbocycles. The maximum absolute atomic E-state index is 12.0. The number of nitrogens with zero attached hydrogens (tertiary/aromatic N) is 1. The van der Waals surface area contributed by atoms with Gasteiger partial charge in [-0.2, -0.15) is 0 Å². The minimum atomic E-state index is -0.976. The molecule has 0 bridgehead atoms. The highest BCUT2D eigenvalue weighted by atomic mass is 32.1. The van der Waals surface area contributed by atoms with E-state index in [2.05, 4.69) is 4.98 Å². The summed E-state index contributed by atoms with van der Waals surface area (Å²) in [6, 6.07) is 7.66. The zero-order valence-corrected chi connectivity index (χ0v) is 14.0. The Morgan fingerprint density at radius 1 is 1.26 bits per heavy atom. The van der Waals surface area contributed by atoms with Crippen LogP contribution in [0.1, 0.15) is 32.9 Å². The maximum atomic E-state index is 12.0. The standard InChI is InChI=1S/C16H18N2O4S/c1-9-4-6-12(7-5-9)21-8-13-18-10(2)14(23-13)16(20)22-11(3)15(17)19/h4-7,11H,8H2,1-3H3,(H2,17,19). The third-order valence-electron chi connectivity index (χ3n) is 3.09. The van der Waals surface area contributed by atoms with Gasteiger partial charge in [0.05, 0.1) is 5.69 Å². The number of hydrogen-bond donors (Lipinski definition) is 1. The van der Waals surface area contributed by atoms with Gasteiger partial charge in [-0.1, -0.05) is 17.7 Å². The molecule has 1 aromatic carbocycles. The van der Waals surface area contributed by atoms with Gasteiger partial charge in [0, 0.05) is 0 Å². The lowest BCUT2D eigenvalue weighted by Gasteiger charge is -2.08. The lowest BCUT2D eigenvalue weighted by atomic mass is 10.2. The number of carbonyl (C=O) groups is 2. The number of ether oxygens (including phenoxy) is 2. The van der Waals surface area contributed by atoms with Gasteiger partial charge in [0.25, 0.3) is 5.91 Å². The van der Waals surface area contributed by atoms with E-state index in [1.807, 2.05) is 31.2 Å². The minimum absolute atomic E-state index is 0.257. The molecule has 1 amide bonds.